The maximum atomic E-state index is 13.9. The first kappa shape index (κ1) is 11.9. The summed E-state index contributed by atoms with van der Waals surface area (Å²) in [5, 5.41) is 0. The molecular formula is C16H13FO2. The van der Waals surface area contributed by atoms with Crippen molar-refractivity contribution in [1.29, 1.82) is 0 Å². The van der Waals surface area contributed by atoms with Crippen molar-refractivity contribution in [1.82, 2.24) is 0 Å². The average molecular weight is 256 g/mol. The second kappa shape index (κ2) is 4.50. The minimum atomic E-state index is -0.316. The molecule has 0 fully saturated rings. The lowest BCUT2D eigenvalue weighted by Gasteiger charge is -2.07. The monoisotopic (exact) mass is 256 g/mol. The lowest BCUT2D eigenvalue weighted by molar-refractivity contribution is 0.101. The summed E-state index contributed by atoms with van der Waals surface area (Å²) in [5.74, 6) is 0.487. The molecule has 19 heavy (non-hydrogen) atoms. The van der Waals surface area contributed by atoms with Crippen LogP contribution in [-0.4, -0.2) is 12.4 Å². The smallest absolute Gasteiger partial charge is 0.159 e. The summed E-state index contributed by atoms with van der Waals surface area (Å²) in [6.07, 6.45) is 0.844. The van der Waals surface area contributed by atoms with E-state index in [0.29, 0.717) is 17.7 Å². The van der Waals surface area contributed by atoms with Gasteiger partial charge in [0, 0.05) is 17.5 Å². The number of carbonyl (C=O) groups is 1. The molecule has 0 bridgehead atoms. The molecule has 0 radical (unpaired) electrons. The van der Waals surface area contributed by atoms with Gasteiger partial charge >= 0.3 is 0 Å². The molecule has 1 heterocycles. The second-order valence-corrected chi connectivity index (χ2v) is 4.67. The molecule has 3 heteroatoms. The summed E-state index contributed by atoms with van der Waals surface area (Å²) in [4.78, 5) is 11.4. The van der Waals surface area contributed by atoms with Crippen LogP contribution in [0.15, 0.2) is 36.4 Å². The van der Waals surface area contributed by atoms with Crippen LogP contribution in [0, 0.1) is 5.82 Å². The quantitative estimate of drug-likeness (QED) is 0.767. The van der Waals surface area contributed by atoms with E-state index >= 15 is 0 Å². The van der Waals surface area contributed by atoms with E-state index in [1.165, 1.54) is 19.1 Å². The molecule has 1 aliphatic heterocycles. The Kier molecular flexibility index (Phi) is 2.82. The van der Waals surface area contributed by atoms with Crippen molar-refractivity contribution in [3.05, 3.63) is 53.3 Å². The minimum Gasteiger partial charge on any atom is -0.493 e. The van der Waals surface area contributed by atoms with Crippen LogP contribution in [0.2, 0.25) is 0 Å². The molecule has 2 nitrogen and oxygen atoms in total. The third-order valence-electron chi connectivity index (χ3n) is 3.37. The molecule has 2 aromatic carbocycles. The van der Waals surface area contributed by atoms with E-state index in [1.54, 1.807) is 6.07 Å². The maximum absolute atomic E-state index is 13.9. The van der Waals surface area contributed by atoms with Gasteiger partial charge in [-0.15, -0.1) is 0 Å². The molecule has 0 spiro atoms. The van der Waals surface area contributed by atoms with Gasteiger partial charge in [0.1, 0.15) is 11.6 Å². The fourth-order valence-corrected chi connectivity index (χ4v) is 2.32. The van der Waals surface area contributed by atoms with Gasteiger partial charge in [-0.05, 0) is 48.4 Å². The minimum absolute atomic E-state index is 0.0641. The zero-order valence-corrected chi connectivity index (χ0v) is 10.6. The van der Waals surface area contributed by atoms with Gasteiger partial charge in [0.2, 0.25) is 0 Å². The molecule has 0 aliphatic carbocycles. The Bertz CT molecular complexity index is 662. The Morgan fingerprint density at radius 1 is 1.21 bits per heavy atom. The Morgan fingerprint density at radius 2 is 2.05 bits per heavy atom. The van der Waals surface area contributed by atoms with Gasteiger partial charge in [-0.1, -0.05) is 6.07 Å². The van der Waals surface area contributed by atoms with E-state index in [9.17, 15) is 9.18 Å². The van der Waals surface area contributed by atoms with Gasteiger partial charge in [-0.2, -0.15) is 0 Å². The number of carbonyl (C=O) groups excluding carboxylic acids is 1. The molecule has 0 amide bonds. The highest BCUT2D eigenvalue weighted by Crippen LogP contribution is 2.32. The first-order chi connectivity index (χ1) is 9.15. The van der Waals surface area contributed by atoms with Crippen molar-refractivity contribution in [2.45, 2.75) is 13.3 Å². The van der Waals surface area contributed by atoms with Crippen LogP contribution >= 0.6 is 0 Å². The van der Waals surface area contributed by atoms with Gasteiger partial charge < -0.3 is 4.74 Å². The zero-order valence-electron chi connectivity index (χ0n) is 10.6. The number of hydrogen-bond donors (Lipinski definition) is 0. The Labute approximate surface area is 110 Å². The van der Waals surface area contributed by atoms with E-state index in [1.807, 2.05) is 18.2 Å². The van der Waals surface area contributed by atoms with Crippen molar-refractivity contribution in [3.63, 3.8) is 0 Å². The normalized spacial score (nSPS) is 12.9. The summed E-state index contributed by atoms with van der Waals surface area (Å²) in [5.41, 5.74) is 2.85. The standard InChI is InChI=1S/C16H13FO2/c1-10(18)11-2-4-15(17)14(9-11)12-3-5-16-13(8-12)6-7-19-16/h2-5,8-9H,6-7H2,1H3. The molecule has 2 aromatic rings. The zero-order chi connectivity index (χ0) is 13.4. The van der Waals surface area contributed by atoms with Crippen LogP contribution in [-0.2, 0) is 6.42 Å². The van der Waals surface area contributed by atoms with E-state index in [0.717, 1.165) is 23.3 Å². The summed E-state index contributed by atoms with van der Waals surface area (Å²) >= 11 is 0. The highest BCUT2D eigenvalue weighted by atomic mass is 19.1. The molecule has 0 saturated carbocycles. The van der Waals surface area contributed by atoms with Crippen LogP contribution in [0.5, 0.6) is 5.75 Å². The molecular weight excluding hydrogens is 243 g/mol. The number of benzene rings is 2. The van der Waals surface area contributed by atoms with Gasteiger partial charge in [-0.3, -0.25) is 4.79 Å². The number of Topliss-reactive ketones (excluding diaryl/α,β-unsaturated/α-hetero) is 1. The van der Waals surface area contributed by atoms with E-state index in [2.05, 4.69) is 0 Å². The van der Waals surface area contributed by atoms with Gasteiger partial charge in [0.25, 0.3) is 0 Å². The van der Waals surface area contributed by atoms with Gasteiger partial charge in [0.05, 0.1) is 6.61 Å². The van der Waals surface area contributed by atoms with Crippen LogP contribution in [0.3, 0.4) is 0 Å². The number of fused-ring (bicyclic) bond motifs is 1. The highest BCUT2D eigenvalue weighted by molar-refractivity contribution is 5.95. The lowest BCUT2D eigenvalue weighted by atomic mass is 9.98. The van der Waals surface area contributed by atoms with Crippen molar-refractivity contribution >= 4 is 5.78 Å². The molecule has 0 atom stereocenters. The third kappa shape index (κ3) is 2.12. The fraction of sp³-hybridized carbons (Fsp3) is 0.188. The Morgan fingerprint density at radius 3 is 2.84 bits per heavy atom. The predicted octanol–water partition coefficient (Wildman–Crippen LogP) is 3.63. The van der Waals surface area contributed by atoms with Crippen molar-refractivity contribution < 1.29 is 13.9 Å². The molecule has 96 valence electrons. The van der Waals surface area contributed by atoms with Crippen molar-refractivity contribution in [2.24, 2.45) is 0 Å². The number of halogens is 1. The average Bonchev–Trinajstić information content (AvgIpc) is 2.86. The number of hydrogen-bond acceptors (Lipinski definition) is 2. The molecule has 3 rings (SSSR count). The second-order valence-electron chi connectivity index (χ2n) is 4.67. The summed E-state index contributed by atoms with van der Waals surface area (Å²) in [6, 6.07) is 10.1. The largest absolute Gasteiger partial charge is 0.493 e. The molecule has 1 aliphatic rings. The van der Waals surface area contributed by atoms with Crippen molar-refractivity contribution in [3.8, 4) is 16.9 Å². The van der Waals surface area contributed by atoms with E-state index in [4.69, 9.17) is 4.74 Å². The third-order valence-corrected chi connectivity index (χ3v) is 3.37. The molecule has 0 saturated heterocycles. The van der Waals surface area contributed by atoms with Crippen LogP contribution in [0.4, 0.5) is 4.39 Å². The SMILES string of the molecule is CC(=O)c1ccc(F)c(-c2ccc3c(c2)CCO3)c1. The number of ketones is 1. The van der Waals surface area contributed by atoms with Crippen LogP contribution in [0.25, 0.3) is 11.1 Å². The van der Waals surface area contributed by atoms with Crippen LogP contribution < -0.4 is 4.74 Å². The Hall–Kier alpha value is -2.16. The van der Waals surface area contributed by atoms with Crippen molar-refractivity contribution in [2.75, 3.05) is 6.61 Å². The molecule has 0 N–H and O–H groups in total. The lowest BCUT2D eigenvalue weighted by Crippen LogP contribution is -1.94. The molecule has 0 aromatic heterocycles. The summed E-state index contributed by atoms with van der Waals surface area (Å²) < 4.78 is 19.4. The summed E-state index contributed by atoms with van der Waals surface area (Å²) in [7, 11) is 0. The van der Waals surface area contributed by atoms with E-state index < -0.39 is 0 Å². The first-order valence-electron chi connectivity index (χ1n) is 6.22. The van der Waals surface area contributed by atoms with Gasteiger partial charge in [-0.25, -0.2) is 4.39 Å². The predicted molar refractivity (Wildman–Crippen MR) is 71.0 cm³/mol. The van der Waals surface area contributed by atoms with Gasteiger partial charge in [0.15, 0.2) is 5.78 Å². The van der Waals surface area contributed by atoms with Crippen LogP contribution in [0.1, 0.15) is 22.8 Å². The number of ether oxygens (including phenoxy) is 1. The number of rotatable bonds is 2. The Balaban J connectivity index is 2.11. The highest BCUT2D eigenvalue weighted by Gasteiger charge is 2.15. The first-order valence-corrected chi connectivity index (χ1v) is 6.22. The van der Waals surface area contributed by atoms with E-state index in [-0.39, 0.29) is 11.6 Å². The molecule has 0 unspecified atom stereocenters. The summed E-state index contributed by atoms with van der Waals surface area (Å²) in [6.45, 7) is 2.16. The maximum Gasteiger partial charge on any atom is 0.159 e. The topological polar surface area (TPSA) is 26.3 Å². The fourth-order valence-electron chi connectivity index (χ4n) is 2.32.